The van der Waals surface area contributed by atoms with Gasteiger partial charge in [0.1, 0.15) is 11.5 Å². The normalized spacial score (nSPS) is 16.4. The lowest BCUT2D eigenvalue weighted by Crippen LogP contribution is -2.48. The second kappa shape index (κ2) is 8.17. The molecule has 1 amide bonds. The lowest BCUT2D eigenvalue weighted by atomic mass is 10.1. The maximum Gasteiger partial charge on any atom is 0.289 e. The SMILES string of the molecule is O=C(c1ccc(-c2ccccc2Cl)o1)N1CCN(Cc2ccc3c(c2)CCO3)CC1. The van der Waals surface area contributed by atoms with Crippen molar-refractivity contribution in [1.29, 1.82) is 0 Å². The summed E-state index contributed by atoms with van der Waals surface area (Å²) in [5.74, 6) is 1.92. The van der Waals surface area contributed by atoms with E-state index in [4.69, 9.17) is 20.8 Å². The Bertz CT molecular complexity index is 1070. The molecule has 0 spiro atoms. The second-order valence-corrected chi connectivity index (χ2v) is 8.16. The van der Waals surface area contributed by atoms with Gasteiger partial charge in [-0.25, -0.2) is 0 Å². The summed E-state index contributed by atoms with van der Waals surface area (Å²) in [6.07, 6.45) is 0.991. The molecule has 1 aromatic heterocycles. The molecule has 1 saturated heterocycles. The van der Waals surface area contributed by atoms with Gasteiger partial charge in [0.05, 0.1) is 11.6 Å². The Balaban J connectivity index is 1.20. The van der Waals surface area contributed by atoms with Crippen LogP contribution < -0.4 is 4.74 Å². The lowest BCUT2D eigenvalue weighted by molar-refractivity contribution is 0.0598. The van der Waals surface area contributed by atoms with E-state index in [2.05, 4.69) is 23.1 Å². The highest BCUT2D eigenvalue weighted by Crippen LogP contribution is 2.30. The van der Waals surface area contributed by atoms with E-state index in [0.29, 0.717) is 29.6 Å². The van der Waals surface area contributed by atoms with Gasteiger partial charge < -0.3 is 14.1 Å². The van der Waals surface area contributed by atoms with Gasteiger partial charge in [0, 0.05) is 44.7 Å². The predicted molar refractivity (Wildman–Crippen MR) is 116 cm³/mol. The first-order valence-electron chi connectivity index (χ1n) is 10.3. The number of hydrogen-bond donors (Lipinski definition) is 0. The van der Waals surface area contributed by atoms with Crippen LogP contribution in [0, 0.1) is 0 Å². The van der Waals surface area contributed by atoms with Crippen LogP contribution in [0.15, 0.2) is 59.0 Å². The maximum absolute atomic E-state index is 12.9. The third kappa shape index (κ3) is 3.83. The van der Waals surface area contributed by atoms with Crippen molar-refractivity contribution in [2.45, 2.75) is 13.0 Å². The number of rotatable bonds is 4. The van der Waals surface area contributed by atoms with Crippen LogP contribution in [0.5, 0.6) is 5.75 Å². The smallest absolute Gasteiger partial charge is 0.289 e. The molecule has 0 saturated carbocycles. The fourth-order valence-electron chi connectivity index (χ4n) is 4.12. The molecule has 0 unspecified atom stereocenters. The number of hydrogen-bond acceptors (Lipinski definition) is 4. The van der Waals surface area contributed by atoms with Crippen molar-refractivity contribution in [1.82, 2.24) is 9.80 Å². The Morgan fingerprint density at radius 3 is 2.67 bits per heavy atom. The van der Waals surface area contributed by atoms with Gasteiger partial charge in [-0.05, 0) is 41.5 Å². The first kappa shape index (κ1) is 19.2. The molecule has 3 aromatic rings. The Hall–Kier alpha value is -2.76. The second-order valence-electron chi connectivity index (χ2n) is 7.75. The zero-order chi connectivity index (χ0) is 20.5. The number of carbonyl (C=O) groups excluding carboxylic acids is 1. The van der Waals surface area contributed by atoms with Crippen molar-refractivity contribution in [2.75, 3.05) is 32.8 Å². The highest BCUT2D eigenvalue weighted by atomic mass is 35.5. The zero-order valence-electron chi connectivity index (χ0n) is 16.6. The quantitative estimate of drug-likeness (QED) is 0.621. The topological polar surface area (TPSA) is 45.9 Å². The van der Waals surface area contributed by atoms with E-state index < -0.39 is 0 Å². The van der Waals surface area contributed by atoms with Gasteiger partial charge in [-0.3, -0.25) is 9.69 Å². The highest BCUT2D eigenvalue weighted by Gasteiger charge is 2.25. The molecular weight excluding hydrogens is 400 g/mol. The molecule has 0 aliphatic carbocycles. The summed E-state index contributed by atoms with van der Waals surface area (Å²) in [5, 5.41) is 0.609. The number of fused-ring (bicyclic) bond motifs is 1. The molecule has 30 heavy (non-hydrogen) atoms. The van der Waals surface area contributed by atoms with Crippen molar-refractivity contribution in [2.24, 2.45) is 0 Å². The molecular formula is C24H23ClN2O3. The Kier molecular flexibility index (Phi) is 5.23. The van der Waals surface area contributed by atoms with E-state index in [0.717, 1.165) is 44.0 Å². The number of piperazine rings is 1. The fourth-order valence-corrected chi connectivity index (χ4v) is 4.35. The summed E-state index contributed by atoms with van der Waals surface area (Å²) in [6.45, 7) is 4.75. The summed E-state index contributed by atoms with van der Waals surface area (Å²) < 4.78 is 11.4. The molecule has 0 N–H and O–H groups in total. The van der Waals surface area contributed by atoms with Crippen LogP contribution >= 0.6 is 11.6 Å². The van der Waals surface area contributed by atoms with E-state index in [1.54, 1.807) is 6.07 Å². The third-order valence-corrected chi connectivity index (χ3v) is 6.11. The molecule has 2 aliphatic rings. The van der Waals surface area contributed by atoms with Gasteiger partial charge in [0.25, 0.3) is 5.91 Å². The number of benzene rings is 2. The minimum Gasteiger partial charge on any atom is -0.493 e. The van der Waals surface area contributed by atoms with Crippen molar-refractivity contribution < 1.29 is 13.9 Å². The average molecular weight is 423 g/mol. The third-order valence-electron chi connectivity index (χ3n) is 5.78. The standard InChI is InChI=1S/C24H23ClN2O3/c25-20-4-2-1-3-19(20)22-7-8-23(30-22)24(28)27-12-10-26(11-13-27)16-17-5-6-21-18(15-17)9-14-29-21/h1-8,15H,9-14,16H2. The summed E-state index contributed by atoms with van der Waals surface area (Å²) in [6, 6.07) is 17.5. The summed E-state index contributed by atoms with van der Waals surface area (Å²) in [7, 11) is 0. The fraction of sp³-hybridized carbons (Fsp3) is 0.292. The first-order chi connectivity index (χ1) is 14.7. The average Bonchev–Trinajstić information content (AvgIpc) is 3.43. The van der Waals surface area contributed by atoms with Gasteiger partial charge in [0.2, 0.25) is 0 Å². The number of carbonyl (C=O) groups is 1. The molecule has 154 valence electrons. The van der Waals surface area contributed by atoms with Crippen molar-refractivity contribution in [3.05, 3.63) is 76.5 Å². The predicted octanol–water partition coefficient (Wildman–Crippen LogP) is 4.49. The molecule has 0 bridgehead atoms. The van der Waals surface area contributed by atoms with E-state index in [1.807, 2.05) is 35.2 Å². The Morgan fingerprint density at radius 1 is 1.00 bits per heavy atom. The summed E-state index contributed by atoms with van der Waals surface area (Å²) in [4.78, 5) is 17.1. The van der Waals surface area contributed by atoms with E-state index >= 15 is 0 Å². The van der Waals surface area contributed by atoms with Gasteiger partial charge in [-0.1, -0.05) is 35.9 Å². The van der Waals surface area contributed by atoms with Crippen LogP contribution in [0.2, 0.25) is 5.02 Å². The zero-order valence-corrected chi connectivity index (χ0v) is 17.4. The molecule has 2 aromatic carbocycles. The summed E-state index contributed by atoms with van der Waals surface area (Å²) >= 11 is 6.24. The van der Waals surface area contributed by atoms with E-state index in [-0.39, 0.29) is 5.91 Å². The first-order valence-corrected chi connectivity index (χ1v) is 10.7. The van der Waals surface area contributed by atoms with Gasteiger partial charge in [-0.2, -0.15) is 0 Å². The Morgan fingerprint density at radius 2 is 1.83 bits per heavy atom. The van der Waals surface area contributed by atoms with Crippen molar-refractivity contribution in [3.8, 4) is 17.1 Å². The maximum atomic E-state index is 12.9. The molecule has 3 heterocycles. The van der Waals surface area contributed by atoms with Crippen molar-refractivity contribution in [3.63, 3.8) is 0 Å². The van der Waals surface area contributed by atoms with Crippen LogP contribution in [0.1, 0.15) is 21.7 Å². The van der Waals surface area contributed by atoms with E-state index in [9.17, 15) is 4.79 Å². The minimum absolute atomic E-state index is 0.0670. The molecule has 6 heteroatoms. The van der Waals surface area contributed by atoms with Crippen LogP contribution in [0.25, 0.3) is 11.3 Å². The number of furan rings is 1. The van der Waals surface area contributed by atoms with Gasteiger partial charge in [-0.15, -0.1) is 0 Å². The van der Waals surface area contributed by atoms with Crippen molar-refractivity contribution >= 4 is 17.5 Å². The van der Waals surface area contributed by atoms with Crippen LogP contribution in [-0.4, -0.2) is 48.5 Å². The molecule has 1 fully saturated rings. The largest absolute Gasteiger partial charge is 0.493 e. The van der Waals surface area contributed by atoms with Crippen LogP contribution in [0.3, 0.4) is 0 Å². The number of amides is 1. The molecule has 2 aliphatic heterocycles. The minimum atomic E-state index is -0.0670. The monoisotopic (exact) mass is 422 g/mol. The molecule has 0 atom stereocenters. The number of nitrogens with zero attached hydrogens (tertiary/aromatic N) is 2. The Labute approximate surface area is 180 Å². The number of ether oxygens (including phenoxy) is 1. The molecule has 0 radical (unpaired) electrons. The highest BCUT2D eigenvalue weighted by molar-refractivity contribution is 6.33. The number of halogens is 1. The van der Waals surface area contributed by atoms with Crippen LogP contribution in [-0.2, 0) is 13.0 Å². The van der Waals surface area contributed by atoms with Gasteiger partial charge >= 0.3 is 0 Å². The van der Waals surface area contributed by atoms with Gasteiger partial charge in [0.15, 0.2) is 5.76 Å². The van der Waals surface area contributed by atoms with E-state index in [1.165, 1.54) is 11.1 Å². The lowest BCUT2D eigenvalue weighted by Gasteiger charge is -2.34. The molecule has 5 rings (SSSR count). The molecule has 5 nitrogen and oxygen atoms in total. The van der Waals surface area contributed by atoms with Crippen LogP contribution in [0.4, 0.5) is 0 Å². The summed E-state index contributed by atoms with van der Waals surface area (Å²) in [5.41, 5.74) is 3.39.